The number of hydrogen-bond donors (Lipinski definition) is 2. The van der Waals surface area contributed by atoms with Crippen LogP contribution < -0.4 is 5.32 Å². The van der Waals surface area contributed by atoms with E-state index in [1.165, 1.54) is 12.8 Å². The highest BCUT2D eigenvalue weighted by molar-refractivity contribution is 5.83. The van der Waals surface area contributed by atoms with Crippen LogP contribution in [0.2, 0.25) is 0 Å². The van der Waals surface area contributed by atoms with E-state index in [1.54, 1.807) is 0 Å². The number of rotatable bonds is 5. The SMILES string of the molecule is Cc1nc(C(C)NC(=O)CCC(=O)N2CCCCCC2)n[nH]1. The zero-order valence-corrected chi connectivity index (χ0v) is 13.4. The number of nitrogens with zero attached hydrogens (tertiary/aromatic N) is 3. The number of carbonyl (C=O) groups excluding carboxylic acids is 2. The molecule has 1 aromatic heterocycles. The Kier molecular flexibility index (Phi) is 5.91. The van der Waals surface area contributed by atoms with Crippen LogP contribution in [0.15, 0.2) is 0 Å². The summed E-state index contributed by atoms with van der Waals surface area (Å²) in [5.74, 6) is 1.22. The van der Waals surface area contributed by atoms with Gasteiger partial charge in [0.2, 0.25) is 11.8 Å². The molecule has 1 aliphatic rings. The molecule has 1 atom stereocenters. The van der Waals surface area contributed by atoms with Gasteiger partial charge in [0, 0.05) is 25.9 Å². The largest absolute Gasteiger partial charge is 0.346 e. The Bertz CT molecular complexity index is 506. The molecular weight excluding hydrogens is 282 g/mol. The lowest BCUT2D eigenvalue weighted by Crippen LogP contribution is -2.33. The molecule has 7 heteroatoms. The first-order valence-electron chi connectivity index (χ1n) is 8.02. The van der Waals surface area contributed by atoms with E-state index in [2.05, 4.69) is 20.5 Å². The lowest BCUT2D eigenvalue weighted by atomic mass is 10.2. The van der Waals surface area contributed by atoms with Gasteiger partial charge in [0.15, 0.2) is 5.82 Å². The predicted octanol–water partition coefficient (Wildman–Crippen LogP) is 1.47. The van der Waals surface area contributed by atoms with Crippen molar-refractivity contribution >= 4 is 11.8 Å². The molecule has 1 aromatic rings. The van der Waals surface area contributed by atoms with Crippen molar-refractivity contribution in [3.63, 3.8) is 0 Å². The number of likely N-dealkylation sites (tertiary alicyclic amines) is 1. The number of H-pyrrole nitrogens is 1. The molecule has 0 bridgehead atoms. The molecule has 0 aromatic carbocycles. The highest BCUT2D eigenvalue weighted by atomic mass is 16.2. The number of hydrogen-bond acceptors (Lipinski definition) is 4. The summed E-state index contributed by atoms with van der Waals surface area (Å²) in [6, 6.07) is -0.259. The molecule has 1 unspecified atom stereocenters. The van der Waals surface area contributed by atoms with Crippen LogP contribution in [0.3, 0.4) is 0 Å². The molecule has 0 radical (unpaired) electrons. The van der Waals surface area contributed by atoms with Crippen LogP contribution in [0.1, 0.15) is 63.1 Å². The second-order valence-electron chi connectivity index (χ2n) is 5.86. The van der Waals surface area contributed by atoms with E-state index < -0.39 is 0 Å². The summed E-state index contributed by atoms with van der Waals surface area (Å²) >= 11 is 0. The van der Waals surface area contributed by atoms with Gasteiger partial charge < -0.3 is 10.2 Å². The van der Waals surface area contributed by atoms with Crippen LogP contribution in [-0.4, -0.2) is 45.0 Å². The third kappa shape index (κ3) is 4.82. The lowest BCUT2D eigenvalue weighted by Gasteiger charge is -2.20. The molecule has 1 fully saturated rings. The van der Waals surface area contributed by atoms with Crippen molar-refractivity contribution in [1.82, 2.24) is 25.4 Å². The second-order valence-corrected chi connectivity index (χ2v) is 5.86. The zero-order valence-electron chi connectivity index (χ0n) is 13.4. The van der Waals surface area contributed by atoms with Gasteiger partial charge in [-0.25, -0.2) is 4.98 Å². The van der Waals surface area contributed by atoms with Crippen molar-refractivity contribution in [1.29, 1.82) is 0 Å². The van der Waals surface area contributed by atoms with Crippen molar-refractivity contribution in [2.24, 2.45) is 0 Å². The van der Waals surface area contributed by atoms with Crippen molar-refractivity contribution in [3.8, 4) is 0 Å². The number of carbonyl (C=O) groups is 2. The first-order valence-corrected chi connectivity index (χ1v) is 8.02. The van der Waals surface area contributed by atoms with Gasteiger partial charge in [-0.1, -0.05) is 12.8 Å². The molecule has 2 heterocycles. The van der Waals surface area contributed by atoms with E-state index >= 15 is 0 Å². The maximum absolute atomic E-state index is 12.1. The van der Waals surface area contributed by atoms with Crippen molar-refractivity contribution < 1.29 is 9.59 Å². The van der Waals surface area contributed by atoms with E-state index in [4.69, 9.17) is 0 Å². The highest BCUT2D eigenvalue weighted by Crippen LogP contribution is 2.12. The lowest BCUT2D eigenvalue weighted by molar-refractivity contribution is -0.133. The predicted molar refractivity (Wildman–Crippen MR) is 82.0 cm³/mol. The summed E-state index contributed by atoms with van der Waals surface area (Å²) in [5.41, 5.74) is 0. The minimum Gasteiger partial charge on any atom is -0.346 e. The molecule has 2 amide bonds. The van der Waals surface area contributed by atoms with Crippen molar-refractivity contribution in [3.05, 3.63) is 11.6 Å². The van der Waals surface area contributed by atoms with E-state index in [0.717, 1.165) is 25.9 Å². The average molecular weight is 307 g/mol. The van der Waals surface area contributed by atoms with Crippen LogP contribution in [-0.2, 0) is 9.59 Å². The normalized spacial score (nSPS) is 16.9. The first-order chi connectivity index (χ1) is 10.6. The number of aromatic amines is 1. The van der Waals surface area contributed by atoms with E-state index in [1.807, 2.05) is 18.7 Å². The zero-order chi connectivity index (χ0) is 15.9. The van der Waals surface area contributed by atoms with Gasteiger partial charge in [-0.15, -0.1) is 0 Å². The fourth-order valence-electron chi connectivity index (χ4n) is 2.63. The smallest absolute Gasteiger partial charge is 0.223 e. The van der Waals surface area contributed by atoms with Crippen LogP contribution in [0, 0.1) is 6.92 Å². The Labute approximate surface area is 130 Å². The average Bonchev–Trinajstić information content (AvgIpc) is 2.76. The number of aromatic nitrogens is 3. The summed E-state index contributed by atoms with van der Waals surface area (Å²) < 4.78 is 0. The van der Waals surface area contributed by atoms with Gasteiger partial charge in [-0.2, -0.15) is 5.10 Å². The summed E-state index contributed by atoms with van der Waals surface area (Å²) in [6.45, 7) is 5.29. The molecule has 2 rings (SSSR count). The fourth-order valence-corrected chi connectivity index (χ4v) is 2.63. The van der Waals surface area contributed by atoms with Crippen LogP contribution in [0.5, 0.6) is 0 Å². The minimum atomic E-state index is -0.259. The Balaban J connectivity index is 1.73. The van der Waals surface area contributed by atoms with E-state index in [0.29, 0.717) is 11.6 Å². The maximum atomic E-state index is 12.1. The third-order valence-electron chi connectivity index (χ3n) is 3.90. The summed E-state index contributed by atoms with van der Waals surface area (Å²) in [7, 11) is 0. The molecule has 0 spiro atoms. The van der Waals surface area contributed by atoms with Gasteiger partial charge in [-0.05, 0) is 26.7 Å². The van der Waals surface area contributed by atoms with Gasteiger partial charge >= 0.3 is 0 Å². The van der Waals surface area contributed by atoms with Gasteiger partial charge in [0.25, 0.3) is 0 Å². The molecule has 0 aliphatic carbocycles. The number of nitrogens with one attached hydrogen (secondary N) is 2. The second kappa shape index (κ2) is 7.91. The van der Waals surface area contributed by atoms with E-state index in [-0.39, 0.29) is 30.7 Å². The summed E-state index contributed by atoms with van der Waals surface area (Å²) in [4.78, 5) is 30.1. The molecule has 1 saturated heterocycles. The Hall–Kier alpha value is -1.92. The van der Waals surface area contributed by atoms with Gasteiger partial charge in [-0.3, -0.25) is 14.7 Å². The molecule has 7 nitrogen and oxygen atoms in total. The number of amides is 2. The Morgan fingerprint density at radius 1 is 1.23 bits per heavy atom. The van der Waals surface area contributed by atoms with Crippen LogP contribution in [0.4, 0.5) is 0 Å². The Morgan fingerprint density at radius 3 is 2.50 bits per heavy atom. The van der Waals surface area contributed by atoms with Crippen LogP contribution >= 0.6 is 0 Å². The first kappa shape index (κ1) is 16.5. The van der Waals surface area contributed by atoms with Gasteiger partial charge in [0.1, 0.15) is 5.82 Å². The van der Waals surface area contributed by atoms with E-state index in [9.17, 15) is 9.59 Å². The summed E-state index contributed by atoms with van der Waals surface area (Å²) in [6.07, 6.45) is 5.00. The molecule has 122 valence electrons. The molecular formula is C15H25N5O2. The molecule has 1 aliphatic heterocycles. The molecule has 0 saturated carbocycles. The maximum Gasteiger partial charge on any atom is 0.223 e. The fraction of sp³-hybridized carbons (Fsp3) is 0.733. The topological polar surface area (TPSA) is 91.0 Å². The number of aryl methyl sites for hydroxylation is 1. The highest BCUT2D eigenvalue weighted by Gasteiger charge is 2.18. The Morgan fingerprint density at radius 2 is 1.91 bits per heavy atom. The third-order valence-corrected chi connectivity index (χ3v) is 3.90. The monoisotopic (exact) mass is 307 g/mol. The summed E-state index contributed by atoms with van der Waals surface area (Å²) in [5, 5.41) is 9.60. The van der Waals surface area contributed by atoms with Crippen molar-refractivity contribution in [2.75, 3.05) is 13.1 Å². The van der Waals surface area contributed by atoms with Crippen LogP contribution in [0.25, 0.3) is 0 Å². The quantitative estimate of drug-likeness (QED) is 0.862. The molecule has 2 N–H and O–H groups in total. The standard InChI is InChI=1S/C15H25N5O2/c1-11(15-17-12(2)18-19-15)16-13(21)7-8-14(22)20-9-5-3-4-6-10-20/h11H,3-10H2,1-2H3,(H,16,21)(H,17,18,19). The minimum absolute atomic E-state index is 0.0819. The molecule has 22 heavy (non-hydrogen) atoms. The van der Waals surface area contributed by atoms with Crippen molar-refractivity contribution in [2.45, 2.75) is 58.4 Å². The van der Waals surface area contributed by atoms with Gasteiger partial charge in [0.05, 0.1) is 6.04 Å².